The van der Waals surface area contributed by atoms with Gasteiger partial charge in [0.1, 0.15) is 0 Å². The first kappa shape index (κ1) is 16.6. The fraction of sp³-hybridized carbons (Fsp3) is 1.00. The Kier molecular flexibility index (Phi) is 8.17. The molecule has 16 heavy (non-hydrogen) atoms. The first-order chi connectivity index (χ1) is 7.39. The van der Waals surface area contributed by atoms with Crippen molar-refractivity contribution in [2.45, 2.75) is 40.5 Å². The van der Waals surface area contributed by atoms with Crippen molar-refractivity contribution >= 4 is 23.5 Å². The van der Waals surface area contributed by atoms with E-state index in [1.54, 1.807) is 0 Å². The molecule has 0 atom stereocenters. The molecule has 0 bridgehead atoms. The molecule has 3 nitrogen and oxygen atoms in total. The lowest BCUT2D eigenvalue weighted by atomic mass is 9.87. The van der Waals surface area contributed by atoms with E-state index in [0.717, 1.165) is 18.2 Å². The molecule has 0 saturated heterocycles. The number of alkyl halides is 1. The lowest BCUT2D eigenvalue weighted by Gasteiger charge is -2.26. The lowest BCUT2D eigenvalue weighted by molar-refractivity contribution is 0.213. The van der Waals surface area contributed by atoms with Crippen molar-refractivity contribution in [1.29, 1.82) is 0 Å². The van der Waals surface area contributed by atoms with Crippen molar-refractivity contribution in [2.75, 3.05) is 24.7 Å². The summed E-state index contributed by atoms with van der Waals surface area (Å²) in [6.07, 6.45) is 2.43. The van der Waals surface area contributed by atoms with Crippen LogP contribution >= 0.6 is 23.5 Å². The zero-order chi connectivity index (χ0) is 12.7. The quantitative estimate of drug-likeness (QED) is 0.466. The molecule has 0 aliphatic heterocycles. The molecule has 0 radical (unpaired) electrons. The molecule has 0 N–H and O–H groups in total. The maximum absolute atomic E-state index is 12.2. The second-order valence-corrected chi connectivity index (χ2v) is 7.50. The molecule has 0 unspecified atom stereocenters. The van der Waals surface area contributed by atoms with Crippen LogP contribution in [0, 0.1) is 5.41 Å². The largest absolute Gasteiger partial charge is 0.330 e. The van der Waals surface area contributed by atoms with Crippen molar-refractivity contribution < 1.29 is 13.6 Å². The van der Waals surface area contributed by atoms with Gasteiger partial charge in [-0.1, -0.05) is 29.8 Å². The molecule has 0 aromatic carbocycles. The van der Waals surface area contributed by atoms with E-state index in [0.29, 0.717) is 19.4 Å². The van der Waals surface area contributed by atoms with Crippen molar-refractivity contribution in [3.8, 4) is 0 Å². The summed E-state index contributed by atoms with van der Waals surface area (Å²) in [5, 5.41) is 0.966. The standard InChI is InChI=1S/C11H24BrO3P/c1-5-14-16(13,15-6-2)10-8-11(3,4)7-9-12/h5-10H2,1-4H3. The highest BCUT2D eigenvalue weighted by Gasteiger charge is 2.27. The van der Waals surface area contributed by atoms with Gasteiger partial charge in [0.05, 0.1) is 19.4 Å². The average molecular weight is 315 g/mol. The highest BCUT2D eigenvalue weighted by Crippen LogP contribution is 2.50. The molecule has 0 aromatic heterocycles. The Morgan fingerprint density at radius 1 is 1.12 bits per heavy atom. The van der Waals surface area contributed by atoms with E-state index < -0.39 is 7.60 Å². The van der Waals surface area contributed by atoms with Gasteiger partial charge in [-0.3, -0.25) is 4.57 Å². The summed E-state index contributed by atoms with van der Waals surface area (Å²) in [7, 11) is -2.85. The number of hydrogen-bond donors (Lipinski definition) is 0. The fourth-order valence-electron chi connectivity index (χ4n) is 1.38. The summed E-state index contributed by atoms with van der Waals surface area (Å²) in [5.74, 6) is 0. The van der Waals surface area contributed by atoms with E-state index >= 15 is 0 Å². The van der Waals surface area contributed by atoms with Crippen molar-refractivity contribution in [3.05, 3.63) is 0 Å². The molecule has 0 amide bonds. The second-order valence-electron chi connectivity index (χ2n) is 4.52. The van der Waals surface area contributed by atoms with Crippen LogP contribution in [0.25, 0.3) is 0 Å². The van der Waals surface area contributed by atoms with Gasteiger partial charge in [0, 0.05) is 5.33 Å². The van der Waals surface area contributed by atoms with Gasteiger partial charge < -0.3 is 9.05 Å². The van der Waals surface area contributed by atoms with Crippen LogP contribution in [-0.2, 0) is 13.6 Å². The van der Waals surface area contributed by atoms with Gasteiger partial charge in [-0.2, -0.15) is 0 Å². The lowest BCUT2D eigenvalue weighted by Crippen LogP contribution is -2.15. The van der Waals surface area contributed by atoms with E-state index in [9.17, 15) is 4.57 Å². The van der Waals surface area contributed by atoms with Crippen LogP contribution in [0.1, 0.15) is 40.5 Å². The van der Waals surface area contributed by atoms with E-state index in [1.165, 1.54) is 0 Å². The third-order valence-corrected chi connectivity index (χ3v) is 4.96. The molecule has 0 aliphatic rings. The fourth-order valence-corrected chi connectivity index (χ4v) is 4.45. The van der Waals surface area contributed by atoms with Gasteiger partial charge in [-0.25, -0.2) is 0 Å². The maximum atomic E-state index is 12.2. The van der Waals surface area contributed by atoms with Gasteiger partial charge in [0.2, 0.25) is 0 Å². The van der Waals surface area contributed by atoms with Crippen molar-refractivity contribution in [1.82, 2.24) is 0 Å². The van der Waals surface area contributed by atoms with Gasteiger partial charge in [-0.05, 0) is 32.1 Å². The van der Waals surface area contributed by atoms with E-state index in [2.05, 4.69) is 29.8 Å². The zero-order valence-electron chi connectivity index (χ0n) is 10.8. The molecule has 0 aliphatic carbocycles. The number of halogens is 1. The predicted octanol–water partition coefficient (Wildman–Crippen LogP) is 4.45. The molecule has 5 heteroatoms. The summed E-state index contributed by atoms with van der Waals surface area (Å²) in [5.41, 5.74) is 0.174. The van der Waals surface area contributed by atoms with Crippen LogP contribution in [0.5, 0.6) is 0 Å². The Morgan fingerprint density at radius 2 is 1.62 bits per heavy atom. The summed E-state index contributed by atoms with van der Waals surface area (Å²) < 4.78 is 22.7. The summed E-state index contributed by atoms with van der Waals surface area (Å²) in [4.78, 5) is 0. The van der Waals surface area contributed by atoms with Crippen LogP contribution in [0.4, 0.5) is 0 Å². The molecule has 0 fully saturated rings. The third-order valence-electron chi connectivity index (χ3n) is 2.49. The summed E-state index contributed by atoms with van der Waals surface area (Å²) in [6.45, 7) is 8.92. The van der Waals surface area contributed by atoms with Crippen LogP contribution in [0.2, 0.25) is 0 Å². The Morgan fingerprint density at radius 3 is 2.00 bits per heavy atom. The Hall–Kier alpha value is 0.630. The van der Waals surface area contributed by atoms with Crippen LogP contribution in [0.15, 0.2) is 0 Å². The van der Waals surface area contributed by atoms with Gasteiger partial charge in [0.25, 0.3) is 0 Å². The molecule has 98 valence electrons. The molecule has 0 rings (SSSR count). The second kappa shape index (κ2) is 7.86. The molecule has 0 saturated carbocycles. The van der Waals surface area contributed by atoms with E-state index in [-0.39, 0.29) is 5.41 Å². The average Bonchev–Trinajstić information content (AvgIpc) is 2.16. The molecule has 0 heterocycles. The summed E-state index contributed by atoms with van der Waals surface area (Å²) >= 11 is 3.44. The Bertz CT molecular complexity index is 221. The first-order valence-electron chi connectivity index (χ1n) is 5.83. The highest BCUT2D eigenvalue weighted by atomic mass is 79.9. The molecule has 0 spiro atoms. The normalized spacial score (nSPS) is 13.1. The van der Waals surface area contributed by atoms with Crippen LogP contribution in [0.3, 0.4) is 0 Å². The first-order valence-corrected chi connectivity index (χ1v) is 8.68. The van der Waals surface area contributed by atoms with Gasteiger partial charge in [-0.15, -0.1) is 0 Å². The SMILES string of the molecule is CCOP(=O)(CCC(C)(C)CCBr)OCC. The van der Waals surface area contributed by atoms with E-state index in [4.69, 9.17) is 9.05 Å². The topological polar surface area (TPSA) is 35.5 Å². The smallest absolute Gasteiger partial charge is 0.309 e. The highest BCUT2D eigenvalue weighted by molar-refractivity contribution is 9.09. The maximum Gasteiger partial charge on any atom is 0.330 e. The van der Waals surface area contributed by atoms with Gasteiger partial charge >= 0.3 is 7.60 Å². The van der Waals surface area contributed by atoms with E-state index in [1.807, 2.05) is 13.8 Å². The monoisotopic (exact) mass is 314 g/mol. The molecular formula is C11H24BrO3P. The summed E-state index contributed by atoms with van der Waals surface area (Å²) in [6, 6.07) is 0. The molecule has 0 aromatic rings. The van der Waals surface area contributed by atoms with Crippen molar-refractivity contribution in [3.63, 3.8) is 0 Å². The van der Waals surface area contributed by atoms with Crippen molar-refractivity contribution in [2.24, 2.45) is 5.41 Å². The van der Waals surface area contributed by atoms with Gasteiger partial charge in [0.15, 0.2) is 0 Å². The van der Waals surface area contributed by atoms with Crippen LogP contribution in [-0.4, -0.2) is 24.7 Å². The Labute approximate surface area is 108 Å². The predicted molar refractivity (Wildman–Crippen MR) is 72.5 cm³/mol. The minimum atomic E-state index is -2.85. The minimum Gasteiger partial charge on any atom is -0.309 e. The minimum absolute atomic E-state index is 0.174. The number of hydrogen-bond acceptors (Lipinski definition) is 3. The Balaban J connectivity index is 4.26. The molecular weight excluding hydrogens is 291 g/mol. The van der Waals surface area contributed by atoms with Crippen LogP contribution < -0.4 is 0 Å². The third kappa shape index (κ3) is 7.05. The number of rotatable bonds is 9. The zero-order valence-corrected chi connectivity index (χ0v) is 13.3.